The van der Waals surface area contributed by atoms with Crippen molar-refractivity contribution in [2.24, 2.45) is 21.5 Å². The van der Waals surface area contributed by atoms with Gasteiger partial charge in [0.15, 0.2) is 5.66 Å². The van der Waals surface area contributed by atoms with Crippen LogP contribution in [-0.4, -0.2) is 22.6 Å². The summed E-state index contributed by atoms with van der Waals surface area (Å²) in [7, 11) is 0. The normalized spacial score (nSPS) is 15.7. The topological polar surface area (TPSA) is 89.2 Å². The average Bonchev–Trinajstić information content (AvgIpc) is 2.53. The quantitative estimate of drug-likeness (QED) is 0.762. The minimum absolute atomic E-state index is 0. The fourth-order valence-corrected chi connectivity index (χ4v) is 2.93. The van der Waals surface area contributed by atoms with E-state index in [4.69, 9.17) is 27.9 Å². The van der Waals surface area contributed by atoms with Crippen LogP contribution in [0.3, 0.4) is 0 Å². The zero-order chi connectivity index (χ0) is 18.0. The number of guanidine groups is 2. The number of halogens is 2. The van der Waals surface area contributed by atoms with Gasteiger partial charge in [-0.15, -0.1) is 17.0 Å². The van der Waals surface area contributed by atoms with Crippen molar-refractivity contribution in [3.8, 4) is 11.1 Å². The molecule has 2 aromatic rings. The van der Waals surface area contributed by atoms with Crippen molar-refractivity contribution < 1.29 is 4.84 Å². The molecule has 0 saturated carbocycles. The van der Waals surface area contributed by atoms with Crippen molar-refractivity contribution in [2.75, 3.05) is 0 Å². The van der Waals surface area contributed by atoms with Crippen LogP contribution < -0.4 is 11.5 Å². The van der Waals surface area contributed by atoms with Crippen LogP contribution in [0.2, 0.25) is 5.02 Å². The maximum absolute atomic E-state index is 6.28. The summed E-state index contributed by atoms with van der Waals surface area (Å²) in [4.78, 5) is 14.0. The van der Waals surface area contributed by atoms with Crippen molar-refractivity contribution in [3.05, 3.63) is 59.1 Å². The summed E-state index contributed by atoms with van der Waals surface area (Å²) in [5.41, 5.74) is 13.8. The minimum Gasteiger partial charge on any atom is -0.368 e. The lowest BCUT2D eigenvalue weighted by Gasteiger charge is -2.36. The van der Waals surface area contributed by atoms with Gasteiger partial charge in [-0.05, 0) is 37.1 Å². The smallest absolute Gasteiger partial charge is 0.226 e. The summed E-state index contributed by atoms with van der Waals surface area (Å²) in [5.74, 6) is 0.322. The molecule has 0 aromatic heterocycles. The second kappa shape index (κ2) is 8.07. The Morgan fingerprint density at radius 3 is 2.54 bits per heavy atom. The third-order valence-corrected chi connectivity index (χ3v) is 4.12. The van der Waals surface area contributed by atoms with Crippen molar-refractivity contribution in [1.82, 2.24) is 5.06 Å². The molecule has 26 heavy (non-hydrogen) atoms. The van der Waals surface area contributed by atoms with E-state index in [-0.39, 0.29) is 28.9 Å². The van der Waals surface area contributed by atoms with E-state index in [2.05, 4.69) is 9.98 Å². The SMILES string of the molecule is Br.CC1(C)N=C(N)N=C(N)N1OCc1cccc(-c2ccccc2Cl)c1. The van der Waals surface area contributed by atoms with Crippen molar-refractivity contribution in [2.45, 2.75) is 26.1 Å². The monoisotopic (exact) mass is 437 g/mol. The van der Waals surface area contributed by atoms with Gasteiger partial charge < -0.3 is 11.5 Å². The Labute approximate surface area is 168 Å². The highest BCUT2D eigenvalue weighted by Crippen LogP contribution is 2.28. The van der Waals surface area contributed by atoms with Gasteiger partial charge in [-0.3, -0.25) is 4.84 Å². The van der Waals surface area contributed by atoms with Crippen molar-refractivity contribution in [1.29, 1.82) is 0 Å². The van der Waals surface area contributed by atoms with E-state index in [9.17, 15) is 0 Å². The predicted molar refractivity (Wildman–Crippen MR) is 111 cm³/mol. The molecule has 0 saturated heterocycles. The standard InChI is InChI=1S/C18H20ClN5O.BrH/c1-18(2)23-16(20)22-17(21)24(18)25-11-12-6-5-7-13(10-12)14-8-3-4-9-15(14)19;/h3-10H,11H2,1-2H3,(H4,20,21,22,23);1H. The van der Waals surface area contributed by atoms with Crippen LogP contribution in [0.15, 0.2) is 58.5 Å². The van der Waals surface area contributed by atoms with Crippen LogP contribution in [0.4, 0.5) is 0 Å². The Balaban J connectivity index is 0.00000243. The second-order valence-corrected chi connectivity index (χ2v) is 6.59. The molecular weight excluding hydrogens is 418 g/mol. The van der Waals surface area contributed by atoms with Gasteiger partial charge >= 0.3 is 0 Å². The summed E-state index contributed by atoms with van der Waals surface area (Å²) in [6.45, 7) is 4.01. The van der Waals surface area contributed by atoms with Gasteiger partial charge in [0.2, 0.25) is 11.9 Å². The van der Waals surface area contributed by atoms with Gasteiger partial charge in [0.25, 0.3) is 0 Å². The molecule has 4 N–H and O–H groups in total. The summed E-state index contributed by atoms with van der Waals surface area (Å²) < 4.78 is 0. The van der Waals surface area contributed by atoms with Gasteiger partial charge in [-0.25, -0.2) is 4.99 Å². The first kappa shape index (κ1) is 20.2. The maximum Gasteiger partial charge on any atom is 0.226 e. The molecule has 3 rings (SSSR count). The highest BCUT2D eigenvalue weighted by Gasteiger charge is 2.33. The van der Waals surface area contributed by atoms with Crippen LogP contribution in [0.5, 0.6) is 0 Å². The highest BCUT2D eigenvalue weighted by molar-refractivity contribution is 8.93. The molecule has 0 aliphatic carbocycles. The average molecular weight is 439 g/mol. The van der Waals surface area contributed by atoms with Crippen LogP contribution in [-0.2, 0) is 11.4 Å². The molecule has 1 aliphatic heterocycles. The molecule has 0 unspecified atom stereocenters. The van der Waals surface area contributed by atoms with Gasteiger partial charge in [0, 0.05) is 10.6 Å². The molecular formula is C18H21BrClN5O. The molecule has 1 heterocycles. The number of nitrogens with two attached hydrogens (primary N) is 2. The Kier molecular flexibility index (Phi) is 6.28. The molecule has 0 bridgehead atoms. The third-order valence-electron chi connectivity index (χ3n) is 3.79. The summed E-state index contributed by atoms with van der Waals surface area (Å²) in [6.07, 6.45) is 0. The molecule has 138 valence electrons. The first-order valence-electron chi connectivity index (χ1n) is 7.83. The van der Waals surface area contributed by atoms with Crippen molar-refractivity contribution in [3.63, 3.8) is 0 Å². The summed E-state index contributed by atoms with van der Waals surface area (Å²) in [5, 5.41) is 2.17. The number of benzene rings is 2. The van der Waals surface area contributed by atoms with Crippen LogP contribution in [0.25, 0.3) is 11.1 Å². The van der Waals surface area contributed by atoms with E-state index < -0.39 is 5.66 Å². The van der Waals surface area contributed by atoms with Gasteiger partial charge in [-0.1, -0.05) is 48.0 Å². The zero-order valence-electron chi connectivity index (χ0n) is 14.5. The largest absolute Gasteiger partial charge is 0.368 e. The first-order valence-corrected chi connectivity index (χ1v) is 8.21. The highest BCUT2D eigenvalue weighted by atomic mass is 79.9. The Hall–Kier alpha value is -2.09. The van der Waals surface area contributed by atoms with E-state index in [1.165, 1.54) is 5.06 Å². The van der Waals surface area contributed by atoms with Crippen LogP contribution in [0, 0.1) is 0 Å². The molecule has 6 nitrogen and oxygen atoms in total. The Bertz CT molecular complexity index is 853. The molecule has 8 heteroatoms. The maximum atomic E-state index is 6.28. The molecule has 2 aromatic carbocycles. The number of hydrogen-bond donors (Lipinski definition) is 2. The van der Waals surface area contributed by atoms with Crippen molar-refractivity contribution >= 4 is 40.5 Å². The van der Waals surface area contributed by atoms with E-state index in [1.807, 2.05) is 62.4 Å². The number of nitrogens with zero attached hydrogens (tertiary/aromatic N) is 3. The number of hydrogen-bond acceptors (Lipinski definition) is 6. The van der Waals surface area contributed by atoms with E-state index in [0.29, 0.717) is 11.6 Å². The zero-order valence-corrected chi connectivity index (χ0v) is 17.0. The molecule has 0 spiro atoms. The molecule has 0 fully saturated rings. The number of hydroxylamine groups is 2. The van der Waals surface area contributed by atoms with E-state index >= 15 is 0 Å². The molecule has 0 atom stereocenters. The van der Waals surface area contributed by atoms with Crippen LogP contribution >= 0.6 is 28.6 Å². The molecule has 0 amide bonds. The molecule has 1 aliphatic rings. The third kappa shape index (κ3) is 4.35. The summed E-state index contributed by atoms with van der Waals surface area (Å²) >= 11 is 6.28. The van der Waals surface area contributed by atoms with E-state index in [0.717, 1.165) is 16.7 Å². The Morgan fingerprint density at radius 1 is 1.12 bits per heavy atom. The fourth-order valence-electron chi connectivity index (χ4n) is 2.68. The lowest BCUT2D eigenvalue weighted by Crippen LogP contribution is -2.53. The van der Waals surface area contributed by atoms with Gasteiger partial charge in [0.1, 0.15) is 6.61 Å². The first-order chi connectivity index (χ1) is 11.9. The fraction of sp³-hybridized carbons (Fsp3) is 0.222. The second-order valence-electron chi connectivity index (χ2n) is 6.18. The molecule has 0 radical (unpaired) electrons. The lowest BCUT2D eigenvalue weighted by molar-refractivity contribution is -0.166. The number of rotatable bonds is 4. The lowest BCUT2D eigenvalue weighted by atomic mass is 10.0. The van der Waals surface area contributed by atoms with E-state index in [1.54, 1.807) is 0 Å². The van der Waals surface area contributed by atoms with Gasteiger partial charge in [0.05, 0.1) is 0 Å². The Morgan fingerprint density at radius 2 is 1.85 bits per heavy atom. The number of aliphatic imine (C=N–C) groups is 2. The van der Waals surface area contributed by atoms with Gasteiger partial charge in [-0.2, -0.15) is 10.1 Å². The predicted octanol–water partition coefficient (Wildman–Crippen LogP) is 3.70. The summed E-state index contributed by atoms with van der Waals surface area (Å²) in [6, 6.07) is 15.7. The minimum atomic E-state index is -0.726. The van der Waals surface area contributed by atoms with Crippen LogP contribution in [0.1, 0.15) is 19.4 Å².